The van der Waals surface area contributed by atoms with E-state index in [1.165, 1.54) is 11.1 Å². The first-order valence-electron chi connectivity index (χ1n) is 7.60. The molecule has 0 spiro atoms. The third-order valence-electron chi connectivity index (χ3n) is 3.50. The first-order chi connectivity index (χ1) is 9.93. The van der Waals surface area contributed by atoms with Gasteiger partial charge in [0.15, 0.2) is 6.10 Å². The monoisotopic (exact) mass is 292 g/mol. The van der Waals surface area contributed by atoms with Crippen molar-refractivity contribution >= 4 is 5.91 Å². The van der Waals surface area contributed by atoms with Crippen LogP contribution in [0.15, 0.2) is 18.2 Å². The molecule has 1 rings (SSSR count). The Morgan fingerprint density at radius 2 is 2.00 bits per heavy atom. The van der Waals surface area contributed by atoms with Gasteiger partial charge in [-0.3, -0.25) is 4.79 Å². The third kappa shape index (κ3) is 6.17. The van der Waals surface area contributed by atoms with Gasteiger partial charge in [0.25, 0.3) is 5.91 Å². The lowest BCUT2D eigenvalue weighted by molar-refractivity contribution is -0.128. The summed E-state index contributed by atoms with van der Waals surface area (Å²) in [5.74, 6) is 0.725. The molecule has 21 heavy (non-hydrogen) atoms. The molecule has 0 bridgehead atoms. The molecule has 1 aromatic carbocycles. The van der Waals surface area contributed by atoms with Crippen LogP contribution in [0.25, 0.3) is 0 Å². The van der Waals surface area contributed by atoms with Crippen LogP contribution < -0.4 is 10.1 Å². The number of hydrogen-bond donors (Lipinski definition) is 1. The summed E-state index contributed by atoms with van der Waals surface area (Å²) in [6.45, 7) is 7.72. The number of rotatable bonds is 8. The Hall–Kier alpha value is -1.55. The molecule has 0 radical (unpaired) electrons. The first kappa shape index (κ1) is 17.5. The summed E-state index contributed by atoms with van der Waals surface area (Å²) in [5, 5.41) is 2.94. The Balaban J connectivity index is 2.49. The maximum atomic E-state index is 12.1. The van der Waals surface area contributed by atoms with Crippen molar-refractivity contribution in [3.63, 3.8) is 0 Å². The van der Waals surface area contributed by atoms with Gasteiger partial charge >= 0.3 is 0 Å². The van der Waals surface area contributed by atoms with Crippen LogP contribution in [0.3, 0.4) is 0 Å². The van der Waals surface area contributed by atoms with Crippen molar-refractivity contribution in [3.05, 3.63) is 29.3 Å². The van der Waals surface area contributed by atoms with Crippen molar-refractivity contribution in [3.8, 4) is 5.75 Å². The molecule has 0 aliphatic carbocycles. The number of amides is 1. The highest BCUT2D eigenvalue weighted by atomic mass is 16.5. The molecule has 0 saturated heterocycles. The number of nitrogens with zero attached hydrogens (tertiary/aromatic N) is 1. The van der Waals surface area contributed by atoms with Crippen molar-refractivity contribution in [2.75, 3.05) is 27.2 Å². The first-order valence-corrected chi connectivity index (χ1v) is 7.60. The molecule has 4 heteroatoms. The van der Waals surface area contributed by atoms with Crippen LogP contribution in [0.4, 0.5) is 0 Å². The second-order valence-corrected chi connectivity index (χ2v) is 5.71. The molecule has 0 unspecified atom stereocenters. The summed E-state index contributed by atoms with van der Waals surface area (Å²) in [6.07, 6.45) is 1.18. The number of benzene rings is 1. The standard InChI is InChI=1S/C17H28N2O2/c1-6-16(17(20)18-10-7-11-19(4)5)21-15-9-8-13(2)14(3)12-15/h8-9,12,16H,6-7,10-11H2,1-5H3,(H,18,20)/t16-/m1/s1. The van der Waals surface area contributed by atoms with Gasteiger partial charge in [-0.2, -0.15) is 0 Å². The van der Waals surface area contributed by atoms with Crippen LogP contribution in [0.5, 0.6) is 5.75 Å². The molecule has 4 nitrogen and oxygen atoms in total. The predicted octanol–water partition coefficient (Wildman–Crippen LogP) is 2.53. The van der Waals surface area contributed by atoms with Gasteiger partial charge in [0.2, 0.25) is 0 Å². The molecule has 0 aliphatic heterocycles. The fourth-order valence-electron chi connectivity index (χ4n) is 1.99. The lowest BCUT2D eigenvalue weighted by atomic mass is 10.1. The van der Waals surface area contributed by atoms with E-state index in [2.05, 4.69) is 17.1 Å². The van der Waals surface area contributed by atoms with Crippen LogP contribution in [0.2, 0.25) is 0 Å². The predicted molar refractivity (Wildman–Crippen MR) is 86.8 cm³/mol. The van der Waals surface area contributed by atoms with Crippen molar-refractivity contribution < 1.29 is 9.53 Å². The van der Waals surface area contributed by atoms with E-state index >= 15 is 0 Å². The Morgan fingerprint density at radius 3 is 2.57 bits per heavy atom. The highest BCUT2D eigenvalue weighted by Gasteiger charge is 2.17. The van der Waals surface area contributed by atoms with Gasteiger partial charge in [-0.05, 0) is 70.6 Å². The Kier molecular flexibility index (Phi) is 7.23. The summed E-state index contributed by atoms with van der Waals surface area (Å²) < 4.78 is 5.82. The zero-order chi connectivity index (χ0) is 15.8. The lowest BCUT2D eigenvalue weighted by Crippen LogP contribution is -2.39. The second-order valence-electron chi connectivity index (χ2n) is 5.71. The largest absolute Gasteiger partial charge is 0.481 e. The summed E-state index contributed by atoms with van der Waals surface area (Å²) in [4.78, 5) is 14.2. The summed E-state index contributed by atoms with van der Waals surface area (Å²) in [6, 6.07) is 5.92. The molecule has 0 aliphatic rings. The molecule has 118 valence electrons. The topological polar surface area (TPSA) is 41.6 Å². The fraction of sp³-hybridized carbons (Fsp3) is 0.588. The van der Waals surface area contributed by atoms with Crippen LogP contribution in [0.1, 0.15) is 30.9 Å². The summed E-state index contributed by atoms with van der Waals surface area (Å²) >= 11 is 0. The quantitative estimate of drug-likeness (QED) is 0.749. The van der Waals surface area contributed by atoms with Crippen molar-refractivity contribution in [1.29, 1.82) is 0 Å². The van der Waals surface area contributed by atoms with Gasteiger partial charge in [-0.25, -0.2) is 0 Å². The fourth-order valence-corrected chi connectivity index (χ4v) is 1.99. The molecule has 1 amide bonds. The van der Waals surface area contributed by atoms with Crippen molar-refractivity contribution in [1.82, 2.24) is 10.2 Å². The smallest absolute Gasteiger partial charge is 0.261 e. The molecule has 0 aromatic heterocycles. The Morgan fingerprint density at radius 1 is 1.29 bits per heavy atom. The van der Waals surface area contributed by atoms with E-state index < -0.39 is 6.10 Å². The second kappa shape index (κ2) is 8.67. The zero-order valence-corrected chi connectivity index (χ0v) is 13.9. The Labute approximate surface area is 128 Å². The molecule has 0 fully saturated rings. The van der Waals surface area contributed by atoms with Gasteiger partial charge in [0, 0.05) is 6.54 Å². The van der Waals surface area contributed by atoms with E-state index in [1.54, 1.807) is 0 Å². The molecule has 0 saturated carbocycles. The summed E-state index contributed by atoms with van der Waals surface area (Å²) in [5.41, 5.74) is 2.40. The van der Waals surface area contributed by atoms with E-state index in [-0.39, 0.29) is 5.91 Å². The SMILES string of the molecule is CC[C@@H](Oc1ccc(C)c(C)c1)C(=O)NCCCN(C)C. The van der Waals surface area contributed by atoms with E-state index in [9.17, 15) is 4.79 Å². The summed E-state index contributed by atoms with van der Waals surface area (Å²) in [7, 11) is 4.05. The van der Waals surface area contributed by atoms with Gasteiger partial charge in [-0.1, -0.05) is 13.0 Å². The van der Waals surface area contributed by atoms with Crippen LogP contribution in [0, 0.1) is 13.8 Å². The number of nitrogens with one attached hydrogen (secondary N) is 1. The van der Waals surface area contributed by atoms with Crippen molar-refractivity contribution in [2.24, 2.45) is 0 Å². The minimum Gasteiger partial charge on any atom is -0.481 e. The van der Waals surface area contributed by atoms with Crippen LogP contribution in [-0.4, -0.2) is 44.1 Å². The molecule has 1 atom stereocenters. The van der Waals surface area contributed by atoms with E-state index in [0.717, 1.165) is 18.7 Å². The van der Waals surface area contributed by atoms with Gasteiger partial charge in [-0.15, -0.1) is 0 Å². The minimum atomic E-state index is -0.425. The minimum absolute atomic E-state index is 0.0329. The molecular weight excluding hydrogens is 264 g/mol. The highest BCUT2D eigenvalue weighted by molar-refractivity contribution is 5.81. The number of aryl methyl sites for hydroxylation is 2. The van der Waals surface area contributed by atoms with Crippen LogP contribution in [-0.2, 0) is 4.79 Å². The van der Waals surface area contributed by atoms with E-state index in [1.807, 2.05) is 46.1 Å². The van der Waals surface area contributed by atoms with Crippen molar-refractivity contribution in [2.45, 2.75) is 39.7 Å². The average molecular weight is 292 g/mol. The van der Waals surface area contributed by atoms with Gasteiger partial charge < -0.3 is 15.0 Å². The normalized spacial score (nSPS) is 12.3. The lowest BCUT2D eigenvalue weighted by Gasteiger charge is -2.18. The average Bonchev–Trinajstić information content (AvgIpc) is 2.44. The number of carbonyl (C=O) groups is 1. The molecule has 0 heterocycles. The Bertz CT molecular complexity index is 458. The number of hydrogen-bond acceptors (Lipinski definition) is 3. The zero-order valence-electron chi connectivity index (χ0n) is 13.9. The van der Waals surface area contributed by atoms with Gasteiger partial charge in [0.05, 0.1) is 0 Å². The van der Waals surface area contributed by atoms with Crippen LogP contribution >= 0.6 is 0 Å². The molecule has 1 N–H and O–H groups in total. The highest BCUT2D eigenvalue weighted by Crippen LogP contribution is 2.18. The maximum Gasteiger partial charge on any atom is 0.261 e. The van der Waals surface area contributed by atoms with Gasteiger partial charge in [0.1, 0.15) is 5.75 Å². The molecule has 1 aromatic rings. The third-order valence-corrected chi connectivity index (χ3v) is 3.50. The van der Waals surface area contributed by atoms with E-state index in [4.69, 9.17) is 4.74 Å². The maximum absolute atomic E-state index is 12.1. The molecular formula is C17H28N2O2. The van der Waals surface area contributed by atoms with E-state index in [0.29, 0.717) is 13.0 Å². The number of carbonyl (C=O) groups excluding carboxylic acids is 1. The number of ether oxygens (including phenoxy) is 1.